The first kappa shape index (κ1) is 11.6. The van der Waals surface area contributed by atoms with Crippen molar-refractivity contribution in [1.82, 2.24) is 14.8 Å². The molecule has 0 fully saturated rings. The van der Waals surface area contributed by atoms with Crippen LogP contribution in [0.25, 0.3) is 0 Å². The van der Waals surface area contributed by atoms with Crippen LogP contribution >= 0.6 is 0 Å². The maximum absolute atomic E-state index is 4.43. The summed E-state index contributed by atoms with van der Waals surface area (Å²) < 4.78 is 1.95. The van der Waals surface area contributed by atoms with Crippen LogP contribution in [0.3, 0.4) is 0 Å². The van der Waals surface area contributed by atoms with Crippen LogP contribution in [0.4, 0.5) is 5.82 Å². The lowest BCUT2D eigenvalue weighted by Crippen LogP contribution is -2.07. The first-order valence-corrected chi connectivity index (χ1v) is 5.94. The molecule has 2 heterocycles. The summed E-state index contributed by atoms with van der Waals surface area (Å²) in [5.74, 6) is 0.926. The van der Waals surface area contributed by atoms with Crippen LogP contribution in [0, 0.1) is 0 Å². The lowest BCUT2D eigenvalue weighted by molar-refractivity contribution is 0.534. The zero-order valence-electron chi connectivity index (χ0n) is 10.3. The van der Waals surface area contributed by atoms with Gasteiger partial charge in [-0.1, -0.05) is 6.07 Å². The third kappa shape index (κ3) is 3.31. The van der Waals surface area contributed by atoms with Gasteiger partial charge in [0.05, 0.1) is 0 Å². The van der Waals surface area contributed by atoms with Crippen LogP contribution < -0.4 is 5.32 Å². The van der Waals surface area contributed by atoms with E-state index in [9.17, 15) is 0 Å². The van der Waals surface area contributed by atoms with E-state index in [1.165, 1.54) is 0 Å². The van der Waals surface area contributed by atoms with Gasteiger partial charge in [-0.05, 0) is 26.0 Å². The predicted molar refractivity (Wildman–Crippen MR) is 69.0 cm³/mol. The molecule has 2 rings (SSSR count). The molecule has 0 aliphatic rings. The summed E-state index contributed by atoms with van der Waals surface area (Å²) in [5.41, 5.74) is 1.10. The van der Waals surface area contributed by atoms with Gasteiger partial charge in [0.15, 0.2) is 0 Å². The van der Waals surface area contributed by atoms with Gasteiger partial charge in [0.25, 0.3) is 0 Å². The molecule has 17 heavy (non-hydrogen) atoms. The predicted octanol–water partition coefficient (Wildman–Crippen LogP) is 2.51. The lowest BCUT2D eigenvalue weighted by Gasteiger charge is -2.05. The molecule has 2 aromatic heterocycles. The Morgan fingerprint density at radius 3 is 2.82 bits per heavy atom. The molecule has 0 amide bonds. The van der Waals surface area contributed by atoms with Crippen molar-refractivity contribution in [1.29, 1.82) is 0 Å². The van der Waals surface area contributed by atoms with Crippen molar-refractivity contribution >= 4 is 5.82 Å². The Morgan fingerprint density at radius 2 is 2.18 bits per heavy atom. The van der Waals surface area contributed by atoms with Crippen LogP contribution in [0.5, 0.6) is 0 Å². The van der Waals surface area contributed by atoms with E-state index >= 15 is 0 Å². The monoisotopic (exact) mass is 230 g/mol. The van der Waals surface area contributed by atoms with Gasteiger partial charge in [0.1, 0.15) is 5.82 Å². The van der Waals surface area contributed by atoms with Crippen molar-refractivity contribution in [3.8, 4) is 0 Å². The smallest absolute Gasteiger partial charge is 0.148 e. The summed E-state index contributed by atoms with van der Waals surface area (Å²) in [7, 11) is 0. The molecule has 4 heteroatoms. The van der Waals surface area contributed by atoms with E-state index in [4.69, 9.17) is 0 Å². The van der Waals surface area contributed by atoms with E-state index in [1.54, 1.807) is 0 Å². The summed E-state index contributed by atoms with van der Waals surface area (Å²) in [5, 5.41) is 7.72. The van der Waals surface area contributed by atoms with Gasteiger partial charge in [0, 0.05) is 43.2 Å². The lowest BCUT2D eigenvalue weighted by atomic mass is 10.3. The summed E-state index contributed by atoms with van der Waals surface area (Å²) in [4.78, 5) is 4.28. The summed E-state index contributed by atoms with van der Waals surface area (Å²) in [6, 6.07) is 8.38. The van der Waals surface area contributed by atoms with E-state index in [1.807, 2.05) is 41.3 Å². The van der Waals surface area contributed by atoms with Crippen LogP contribution in [0.15, 0.2) is 36.7 Å². The fourth-order valence-electron chi connectivity index (χ4n) is 1.58. The summed E-state index contributed by atoms with van der Waals surface area (Å²) in [6.07, 6.45) is 4.73. The average Bonchev–Trinajstić information content (AvgIpc) is 2.79. The molecule has 0 saturated heterocycles. The largest absolute Gasteiger partial charge is 0.368 e. The van der Waals surface area contributed by atoms with Crippen molar-refractivity contribution in [2.45, 2.75) is 26.3 Å². The van der Waals surface area contributed by atoms with E-state index in [0.717, 1.165) is 24.5 Å². The molecule has 0 spiro atoms. The van der Waals surface area contributed by atoms with Crippen molar-refractivity contribution in [2.75, 3.05) is 11.9 Å². The van der Waals surface area contributed by atoms with E-state index < -0.39 is 0 Å². The first-order valence-electron chi connectivity index (χ1n) is 5.94. The van der Waals surface area contributed by atoms with Crippen molar-refractivity contribution in [3.63, 3.8) is 0 Å². The molecule has 0 aliphatic heterocycles. The Morgan fingerprint density at radius 1 is 1.29 bits per heavy atom. The Labute approximate surface area is 102 Å². The second kappa shape index (κ2) is 5.48. The van der Waals surface area contributed by atoms with Crippen molar-refractivity contribution < 1.29 is 0 Å². The molecule has 0 saturated carbocycles. The first-order chi connectivity index (χ1) is 8.25. The molecular weight excluding hydrogens is 212 g/mol. The number of rotatable bonds is 5. The Balaban J connectivity index is 1.82. The third-order valence-corrected chi connectivity index (χ3v) is 2.55. The minimum atomic E-state index is 0.404. The maximum atomic E-state index is 4.43. The topological polar surface area (TPSA) is 42.7 Å². The minimum absolute atomic E-state index is 0.404. The molecule has 2 aromatic rings. The zero-order chi connectivity index (χ0) is 12.1. The molecule has 0 unspecified atom stereocenters. The van der Waals surface area contributed by atoms with Crippen LogP contribution in [-0.2, 0) is 6.42 Å². The number of anilines is 1. The summed E-state index contributed by atoms with van der Waals surface area (Å²) >= 11 is 0. The fourth-order valence-corrected chi connectivity index (χ4v) is 1.58. The van der Waals surface area contributed by atoms with Crippen LogP contribution in [-0.4, -0.2) is 21.3 Å². The highest BCUT2D eigenvalue weighted by Gasteiger charge is 2.01. The molecule has 90 valence electrons. The molecule has 0 radical (unpaired) electrons. The number of aromatic nitrogens is 3. The average molecular weight is 230 g/mol. The molecular formula is C13H18N4. The third-order valence-electron chi connectivity index (χ3n) is 2.55. The van der Waals surface area contributed by atoms with Crippen molar-refractivity contribution in [2.24, 2.45) is 0 Å². The zero-order valence-corrected chi connectivity index (χ0v) is 10.3. The highest BCUT2D eigenvalue weighted by molar-refractivity contribution is 5.32. The molecule has 1 N–H and O–H groups in total. The van der Waals surface area contributed by atoms with Gasteiger partial charge >= 0.3 is 0 Å². The second-order valence-electron chi connectivity index (χ2n) is 4.27. The molecule has 0 aromatic carbocycles. The maximum Gasteiger partial charge on any atom is 0.148 e. The SMILES string of the molecule is CC(C)n1ccc(NCCc2ccccn2)n1. The Bertz CT molecular complexity index is 447. The molecule has 0 aliphatic carbocycles. The van der Waals surface area contributed by atoms with Gasteiger partial charge in [-0.2, -0.15) is 5.10 Å². The van der Waals surface area contributed by atoms with Gasteiger partial charge < -0.3 is 5.32 Å². The molecule has 0 atom stereocenters. The number of hydrogen-bond donors (Lipinski definition) is 1. The second-order valence-corrected chi connectivity index (χ2v) is 4.27. The van der Waals surface area contributed by atoms with Crippen LogP contribution in [0.1, 0.15) is 25.6 Å². The van der Waals surface area contributed by atoms with E-state index in [-0.39, 0.29) is 0 Å². The number of pyridine rings is 1. The fraction of sp³-hybridized carbons (Fsp3) is 0.385. The van der Waals surface area contributed by atoms with Crippen LogP contribution in [0.2, 0.25) is 0 Å². The minimum Gasteiger partial charge on any atom is -0.368 e. The van der Waals surface area contributed by atoms with Gasteiger partial charge in [-0.15, -0.1) is 0 Å². The van der Waals surface area contributed by atoms with Gasteiger partial charge in [-0.25, -0.2) is 0 Å². The Hall–Kier alpha value is -1.84. The Kier molecular flexibility index (Phi) is 3.75. The van der Waals surface area contributed by atoms with E-state index in [0.29, 0.717) is 6.04 Å². The van der Waals surface area contributed by atoms with Gasteiger partial charge in [-0.3, -0.25) is 9.67 Å². The van der Waals surface area contributed by atoms with Crippen molar-refractivity contribution in [3.05, 3.63) is 42.4 Å². The highest BCUT2D eigenvalue weighted by atomic mass is 15.3. The molecule has 4 nitrogen and oxygen atoms in total. The van der Waals surface area contributed by atoms with Gasteiger partial charge in [0.2, 0.25) is 0 Å². The number of nitrogens with one attached hydrogen (secondary N) is 1. The highest BCUT2D eigenvalue weighted by Crippen LogP contribution is 2.08. The quantitative estimate of drug-likeness (QED) is 0.858. The van der Waals surface area contributed by atoms with E-state index in [2.05, 4.69) is 29.2 Å². The molecule has 0 bridgehead atoms. The normalized spacial score (nSPS) is 10.8. The number of nitrogens with zero attached hydrogens (tertiary/aromatic N) is 3. The summed E-state index contributed by atoms with van der Waals surface area (Å²) in [6.45, 7) is 5.08. The number of hydrogen-bond acceptors (Lipinski definition) is 3. The standard InChI is InChI=1S/C13H18N4/c1-11(2)17-10-7-13(16-17)15-9-6-12-5-3-4-8-14-12/h3-5,7-8,10-11H,6,9H2,1-2H3,(H,15,16).